The number of hydrogen-bond acceptors (Lipinski definition) is 4. The minimum absolute atomic E-state index is 0.0109. The van der Waals surface area contributed by atoms with Gasteiger partial charge >= 0.3 is 0 Å². The van der Waals surface area contributed by atoms with E-state index in [-0.39, 0.29) is 17.7 Å². The molecular formula is C22H22ClN3O. The number of benzene rings is 2. The van der Waals surface area contributed by atoms with Gasteiger partial charge in [-0.15, -0.1) is 0 Å². The van der Waals surface area contributed by atoms with Gasteiger partial charge < -0.3 is 4.90 Å². The Kier molecular flexibility index (Phi) is 5.08. The van der Waals surface area contributed by atoms with E-state index in [1.165, 1.54) is 0 Å². The van der Waals surface area contributed by atoms with Crippen molar-refractivity contribution in [2.75, 3.05) is 19.0 Å². The molecule has 0 amide bonds. The fourth-order valence-electron chi connectivity index (χ4n) is 3.41. The van der Waals surface area contributed by atoms with Crippen molar-refractivity contribution in [2.45, 2.75) is 32.2 Å². The first-order valence-corrected chi connectivity index (χ1v) is 9.20. The van der Waals surface area contributed by atoms with Crippen molar-refractivity contribution in [1.82, 2.24) is 0 Å². The molecule has 0 aliphatic carbocycles. The van der Waals surface area contributed by atoms with Crippen LogP contribution in [-0.2, 0) is 6.42 Å². The minimum atomic E-state index is -0.282. The van der Waals surface area contributed by atoms with E-state index >= 15 is 0 Å². The molecular weight excluding hydrogens is 358 g/mol. The molecule has 27 heavy (non-hydrogen) atoms. The number of rotatable bonds is 4. The SMILES string of the molecule is CN(C)c1cc2c(cc1Cl)CC(C)(C)N=C2CC(=O)c1ccc(C#N)cc1. The van der Waals surface area contributed by atoms with Crippen LogP contribution in [0.2, 0.25) is 5.02 Å². The smallest absolute Gasteiger partial charge is 0.168 e. The summed E-state index contributed by atoms with van der Waals surface area (Å²) in [7, 11) is 3.89. The zero-order valence-electron chi connectivity index (χ0n) is 16.0. The van der Waals surface area contributed by atoms with Crippen LogP contribution in [0.1, 0.15) is 47.3 Å². The summed E-state index contributed by atoms with van der Waals surface area (Å²) in [6.45, 7) is 4.13. The Hall–Kier alpha value is -2.64. The van der Waals surface area contributed by atoms with Crippen LogP contribution in [-0.4, -0.2) is 31.1 Å². The Bertz CT molecular complexity index is 966. The number of carbonyl (C=O) groups is 1. The average molecular weight is 380 g/mol. The molecule has 138 valence electrons. The molecule has 2 aromatic rings. The Balaban J connectivity index is 1.98. The molecule has 1 aliphatic heterocycles. The zero-order chi connectivity index (χ0) is 19.8. The molecule has 0 fully saturated rings. The summed E-state index contributed by atoms with van der Waals surface area (Å²) < 4.78 is 0. The van der Waals surface area contributed by atoms with Crippen molar-refractivity contribution in [2.24, 2.45) is 4.99 Å². The predicted molar refractivity (Wildman–Crippen MR) is 110 cm³/mol. The van der Waals surface area contributed by atoms with E-state index in [0.29, 0.717) is 16.1 Å². The molecule has 3 rings (SSSR count). The molecule has 0 radical (unpaired) electrons. The van der Waals surface area contributed by atoms with Gasteiger partial charge in [0.1, 0.15) is 0 Å². The highest BCUT2D eigenvalue weighted by Gasteiger charge is 2.29. The van der Waals surface area contributed by atoms with Gasteiger partial charge in [-0.2, -0.15) is 5.26 Å². The zero-order valence-corrected chi connectivity index (χ0v) is 16.8. The molecule has 0 saturated heterocycles. The molecule has 2 aromatic carbocycles. The quantitative estimate of drug-likeness (QED) is 0.725. The second-order valence-corrected chi connectivity index (χ2v) is 8.10. The van der Waals surface area contributed by atoms with Crippen molar-refractivity contribution in [1.29, 1.82) is 5.26 Å². The highest BCUT2D eigenvalue weighted by molar-refractivity contribution is 6.33. The van der Waals surface area contributed by atoms with Crippen LogP contribution in [0.4, 0.5) is 5.69 Å². The molecule has 5 heteroatoms. The maximum absolute atomic E-state index is 12.8. The van der Waals surface area contributed by atoms with E-state index in [1.807, 2.05) is 31.1 Å². The highest BCUT2D eigenvalue weighted by atomic mass is 35.5. The molecule has 0 N–H and O–H groups in total. The number of hydrogen-bond donors (Lipinski definition) is 0. The van der Waals surface area contributed by atoms with Crippen LogP contribution < -0.4 is 4.90 Å². The number of ketones is 1. The Morgan fingerprint density at radius 3 is 2.52 bits per heavy atom. The predicted octanol–water partition coefficient (Wildman–Crippen LogP) is 4.67. The molecule has 0 bridgehead atoms. The fraction of sp³-hybridized carbons (Fsp3) is 0.318. The topological polar surface area (TPSA) is 56.5 Å². The normalized spacial score (nSPS) is 14.7. The van der Waals surface area contributed by atoms with Crippen LogP contribution in [0, 0.1) is 11.3 Å². The third-order valence-corrected chi connectivity index (χ3v) is 4.99. The monoisotopic (exact) mass is 379 g/mol. The summed E-state index contributed by atoms with van der Waals surface area (Å²) in [5.74, 6) is -0.0109. The highest BCUT2D eigenvalue weighted by Crippen LogP contribution is 2.35. The van der Waals surface area contributed by atoms with Gasteiger partial charge in [-0.05, 0) is 50.1 Å². The first-order chi connectivity index (χ1) is 12.7. The largest absolute Gasteiger partial charge is 0.376 e. The summed E-state index contributed by atoms with van der Waals surface area (Å²) in [6, 6.07) is 12.8. The van der Waals surface area contributed by atoms with Gasteiger partial charge in [0.05, 0.1) is 40.0 Å². The number of fused-ring (bicyclic) bond motifs is 1. The van der Waals surface area contributed by atoms with E-state index in [4.69, 9.17) is 21.9 Å². The lowest BCUT2D eigenvalue weighted by Gasteiger charge is -2.30. The molecule has 1 aliphatic rings. The number of Topliss-reactive ketones (excluding diaryl/α,β-unsaturated/α-hetero) is 1. The van der Waals surface area contributed by atoms with Gasteiger partial charge in [-0.3, -0.25) is 9.79 Å². The second-order valence-electron chi connectivity index (χ2n) is 7.69. The van der Waals surface area contributed by atoms with Gasteiger partial charge in [0, 0.05) is 25.2 Å². The second kappa shape index (κ2) is 7.17. The summed E-state index contributed by atoms with van der Waals surface area (Å²) in [4.78, 5) is 19.6. The van der Waals surface area contributed by atoms with Crippen LogP contribution in [0.5, 0.6) is 0 Å². The summed E-state index contributed by atoms with van der Waals surface area (Å²) in [5.41, 5.74) is 4.65. The van der Waals surface area contributed by atoms with Crippen LogP contribution in [0.25, 0.3) is 0 Å². The Morgan fingerprint density at radius 1 is 1.26 bits per heavy atom. The van der Waals surface area contributed by atoms with Crippen molar-refractivity contribution in [3.63, 3.8) is 0 Å². The minimum Gasteiger partial charge on any atom is -0.376 e. The van der Waals surface area contributed by atoms with Gasteiger partial charge in [0.15, 0.2) is 5.78 Å². The van der Waals surface area contributed by atoms with Gasteiger partial charge in [0.25, 0.3) is 0 Å². The van der Waals surface area contributed by atoms with E-state index in [0.717, 1.165) is 28.9 Å². The first-order valence-electron chi connectivity index (χ1n) is 8.82. The fourth-order valence-corrected chi connectivity index (χ4v) is 3.77. The number of nitrogens with zero attached hydrogens (tertiary/aromatic N) is 3. The van der Waals surface area contributed by atoms with Gasteiger partial charge in [-0.25, -0.2) is 0 Å². The molecule has 1 heterocycles. The number of carbonyl (C=O) groups excluding carboxylic acids is 1. The number of aliphatic imine (C=N–C) groups is 1. The first kappa shape index (κ1) is 19.1. The lowest BCUT2D eigenvalue weighted by Crippen LogP contribution is -2.30. The van der Waals surface area contributed by atoms with E-state index in [1.54, 1.807) is 24.3 Å². The van der Waals surface area contributed by atoms with E-state index in [9.17, 15) is 4.79 Å². The van der Waals surface area contributed by atoms with E-state index < -0.39 is 0 Å². The van der Waals surface area contributed by atoms with Crippen molar-refractivity contribution in [3.05, 3.63) is 63.7 Å². The lowest BCUT2D eigenvalue weighted by molar-refractivity contribution is 0.100. The maximum Gasteiger partial charge on any atom is 0.168 e. The lowest BCUT2D eigenvalue weighted by atomic mass is 9.85. The summed E-state index contributed by atoms with van der Waals surface area (Å²) in [5, 5.41) is 9.62. The van der Waals surface area contributed by atoms with Crippen molar-refractivity contribution in [3.8, 4) is 6.07 Å². The third kappa shape index (κ3) is 4.04. The van der Waals surface area contributed by atoms with Gasteiger partial charge in [-0.1, -0.05) is 23.7 Å². The Labute approximate surface area is 165 Å². The third-order valence-electron chi connectivity index (χ3n) is 4.69. The number of anilines is 1. The van der Waals surface area contributed by atoms with Crippen LogP contribution >= 0.6 is 11.6 Å². The molecule has 0 saturated carbocycles. The number of halogens is 1. The van der Waals surface area contributed by atoms with Crippen LogP contribution in [0.15, 0.2) is 41.4 Å². The molecule has 0 spiro atoms. The number of nitriles is 1. The molecule has 0 aromatic heterocycles. The van der Waals surface area contributed by atoms with Crippen LogP contribution in [0.3, 0.4) is 0 Å². The molecule has 0 unspecified atom stereocenters. The molecule has 4 nitrogen and oxygen atoms in total. The summed E-state index contributed by atoms with van der Waals surface area (Å²) in [6.07, 6.45) is 1.00. The maximum atomic E-state index is 12.8. The van der Waals surface area contributed by atoms with Gasteiger partial charge in [0.2, 0.25) is 0 Å². The molecule has 0 atom stereocenters. The van der Waals surface area contributed by atoms with Crippen molar-refractivity contribution < 1.29 is 4.79 Å². The van der Waals surface area contributed by atoms with E-state index in [2.05, 4.69) is 19.9 Å². The van der Waals surface area contributed by atoms with Crippen molar-refractivity contribution >= 4 is 28.8 Å². The summed E-state index contributed by atoms with van der Waals surface area (Å²) >= 11 is 6.45. The Morgan fingerprint density at radius 2 is 1.93 bits per heavy atom. The standard InChI is InChI=1S/C22H22ClN3O/c1-22(2)12-16-9-18(23)20(26(3)4)10-17(16)19(25-22)11-21(27)15-7-5-14(13-24)6-8-15/h5-10H,11-12H2,1-4H3. The average Bonchev–Trinajstić information content (AvgIpc) is 2.60.